The first-order valence-electron chi connectivity index (χ1n) is 8.11. The lowest BCUT2D eigenvalue weighted by molar-refractivity contribution is -0.121. The summed E-state index contributed by atoms with van der Waals surface area (Å²) >= 11 is 1.69. The number of amides is 2. The molecule has 0 atom stereocenters. The first-order chi connectivity index (χ1) is 12.5. The Labute approximate surface area is 156 Å². The molecular formula is C18H18N2O4S2. The number of sulfonamides is 1. The minimum Gasteiger partial charge on any atom is -0.354 e. The zero-order chi connectivity index (χ0) is 18.6. The third-order valence-electron chi connectivity index (χ3n) is 3.85. The van der Waals surface area contributed by atoms with Crippen LogP contribution in [0.2, 0.25) is 0 Å². The molecule has 0 radical (unpaired) electrons. The second kappa shape index (κ2) is 7.92. The Morgan fingerprint density at radius 3 is 2.46 bits per heavy atom. The average Bonchev–Trinajstić information content (AvgIpc) is 2.83. The Bertz CT molecular complexity index is 914. The molecule has 0 aliphatic carbocycles. The molecule has 0 saturated heterocycles. The third-order valence-corrected chi connectivity index (χ3v) is 6.74. The molecule has 0 bridgehead atoms. The summed E-state index contributed by atoms with van der Waals surface area (Å²) in [6, 6.07) is 15.9. The van der Waals surface area contributed by atoms with Gasteiger partial charge in [0.25, 0.3) is 15.9 Å². The minimum atomic E-state index is -3.94. The van der Waals surface area contributed by atoms with Crippen molar-refractivity contribution in [1.29, 1.82) is 0 Å². The maximum atomic E-state index is 12.4. The van der Waals surface area contributed by atoms with Crippen LogP contribution in [0.4, 0.5) is 0 Å². The van der Waals surface area contributed by atoms with E-state index < -0.39 is 28.4 Å². The van der Waals surface area contributed by atoms with Gasteiger partial charge in [-0.15, -0.1) is 11.8 Å². The summed E-state index contributed by atoms with van der Waals surface area (Å²) in [6.45, 7) is -0.0740. The molecule has 2 aromatic carbocycles. The number of nitrogens with zero attached hydrogens (tertiary/aromatic N) is 1. The molecule has 0 spiro atoms. The highest BCUT2D eigenvalue weighted by atomic mass is 32.2. The van der Waals surface area contributed by atoms with Crippen LogP contribution in [-0.4, -0.2) is 43.4 Å². The summed E-state index contributed by atoms with van der Waals surface area (Å²) in [4.78, 5) is 25.4. The quantitative estimate of drug-likeness (QED) is 0.578. The number of carbonyl (C=O) groups excluding carboxylic acids is 2. The van der Waals surface area contributed by atoms with Crippen LogP contribution in [0.3, 0.4) is 0 Å². The van der Waals surface area contributed by atoms with Gasteiger partial charge < -0.3 is 5.32 Å². The van der Waals surface area contributed by atoms with E-state index in [1.165, 1.54) is 12.1 Å². The lowest BCUT2D eigenvalue weighted by atomic mass is 10.2. The number of thioether (sulfide) groups is 1. The third kappa shape index (κ3) is 3.91. The summed E-state index contributed by atoms with van der Waals surface area (Å²) in [6.07, 6.45) is 0.742. The summed E-state index contributed by atoms with van der Waals surface area (Å²) in [5.74, 6) is -0.314. The molecule has 6 nitrogen and oxygen atoms in total. The van der Waals surface area contributed by atoms with Crippen LogP contribution in [0.25, 0.3) is 0 Å². The summed E-state index contributed by atoms with van der Waals surface area (Å²) in [5.41, 5.74) is 0.111. The lowest BCUT2D eigenvalue weighted by Crippen LogP contribution is -2.40. The average molecular weight is 390 g/mol. The van der Waals surface area contributed by atoms with Crippen molar-refractivity contribution in [3.05, 3.63) is 60.2 Å². The predicted octanol–water partition coefficient (Wildman–Crippen LogP) is 2.13. The minimum absolute atomic E-state index is 0.0444. The number of carbonyl (C=O) groups is 2. The van der Waals surface area contributed by atoms with Crippen LogP contribution in [0, 0.1) is 0 Å². The van der Waals surface area contributed by atoms with E-state index in [-0.39, 0.29) is 10.5 Å². The molecule has 1 heterocycles. The largest absolute Gasteiger partial charge is 0.354 e. The highest BCUT2D eigenvalue weighted by Crippen LogP contribution is 2.29. The second-order valence-electron chi connectivity index (χ2n) is 5.68. The highest BCUT2D eigenvalue weighted by molar-refractivity contribution is 7.99. The van der Waals surface area contributed by atoms with Crippen molar-refractivity contribution in [2.45, 2.75) is 16.2 Å². The molecule has 136 valence electrons. The second-order valence-corrected chi connectivity index (χ2v) is 8.68. The Morgan fingerprint density at radius 2 is 1.73 bits per heavy atom. The summed E-state index contributed by atoms with van der Waals surface area (Å²) in [7, 11) is -3.94. The van der Waals surface area contributed by atoms with Gasteiger partial charge in [0.2, 0.25) is 5.91 Å². The number of hydrogen-bond donors (Lipinski definition) is 1. The van der Waals surface area contributed by atoms with E-state index >= 15 is 0 Å². The fourth-order valence-electron chi connectivity index (χ4n) is 2.58. The van der Waals surface area contributed by atoms with Gasteiger partial charge in [-0.3, -0.25) is 9.59 Å². The fourth-order valence-corrected chi connectivity index (χ4v) is 4.98. The van der Waals surface area contributed by atoms with E-state index in [0.29, 0.717) is 10.8 Å². The van der Waals surface area contributed by atoms with Crippen molar-refractivity contribution in [3.63, 3.8) is 0 Å². The van der Waals surface area contributed by atoms with E-state index in [2.05, 4.69) is 5.32 Å². The molecule has 8 heteroatoms. The maximum absolute atomic E-state index is 12.4. The van der Waals surface area contributed by atoms with Gasteiger partial charge in [-0.2, -0.15) is 0 Å². The normalized spacial score (nSPS) is 14.9. The van der Waals surface area contributed by atoms with Gasteiger partial charge in [0.1, 0.15) is 11.4 Å². The molecule has 0 unspecified atom stereocenters. The molecule has 2 aromatic rings. The van der Waals surface area contributed by atoms with Crippen LogP contribution in [-0.2, 0) is 14.8 Å². The van der Waals surface area contributed by atoms with Crippen molar-refractivity contribution in [2.24, 2.45) is 0 Å². The molecule has 0 saturated carbocycles. The Kier molecular flexibility index (Phi) is 5.63. The first kappa shape index (κ1) is 18.5. The number of benzene rings is 2. The van der Waals surface area contributed by atoms with E-state index in [4.69, 9.17) is 0 Å². The van der Waals surface area contributed by atoms with E-state index in [0.717, 1.165) is 17.1 Å². The molecule has 2 amide bonds. The van der Waals surface area contributed by atoms with Gasteiger partial charge in [-0.05, 0) is 36.4 Å². The van der Waals surface area contributed by atoms with Crippen molar-refractivity contribution in [1.82, 2.24) is 9.62 Å². The van der Waals surface area contributed by atoms with Gasteiger partial charge in [-0.25, -0.2) is 12.7 Å². The zero-order valence-electron chi connectivity index (χ0n) is 13.9. The van der Waals surface area contributed by atoms with Gasteiger partial charge in [-0.1, -0.05) is 30.3 Å². The van der Waals surface area contributed by atoms with Gasteiger partial charge in [0.15, 0.2) is 0 Å². The van der Waals surface area contributed by atoms with Gasteiger partial charge >= 0.3 is 0 Å². The van der Waals surface area contributed by atoms with Gasteiger partial charge in [0.05, 0.1) is 5.56 Å². The van der Waals surface area contributed by atoms with Crippen molar-refractivity contribution >= 4 is 33.6 Å². The molecule has 26 heavy (non-hydrogen) atoms. The van der Waals surface area contributed by atoms with Crippen molar-refractivity contribution in [2.75, 3.05) is 18.8 Å². The van der Waals surface area contributed by atoms with E-state index in [1.807, 2.05) is 30.3 Å². The SMILES string of the molecule is O=C(CN1C(=O)c2ccccc2S1(=O)=O)NCCCSc1ccccc1. The first-order valence-corrected chi connectivity index (χ1v) is 10.5. The number of rotatable bonds is 7. The molecule has 1 N–H and O–H groups in total. The number of fused-ring (bicyclic) bond motifs is 1. The maximum Gasteiger partial charge on any atom is 0.269 e. The standard InChI is InChI=1S/C18H18N2O4S2/c21-17(19-11-6-12-25-14-7-2-1-3-8-14)13-20-18(22)15-9-4-5-10-16(15)26(20,23)24/h1-5,7-10H,6,11-13H2,(H,19,21). The number of nitrogens with one attached hydrogen (secondary N) is 1. The van der Waals surface area contributed by atoms with E-state index in [1.54, 1.807) is 23.9 Å². The Balaban J connectivity index is 1.48. The molecule has 1 aliphatic heterocycles. The zero-order valence-corrected chi connectivity index (χ0v) is 15.6. The van der Waals surface area contributed by atoms with Crippen molar-refractivity contribution < 1.29 is 18.0 Å². The van der Waals surface area contributed by atoms with Crippen LogP contribution in [0.1, 0.15) is 16.8 Å². The predicted molar refractivity (Wildman–Crippen MR) is 99.5 cm³/mol. The smallest absolute Gasteiger partial charge is 0.269 e. The molecule has 1 aliphatic rings. The summed E-state index contributed by atoms with van der Waals surface area (Å²) < 4.78 is 25.4. The molecule has 3 rings (SSSR count). The molecule has 0 aromatic heterocycles. The van der Waals surface area contributed by atoms with Crippen LogP contribution < -0.4 is 5.32 Å². The Morgan fingerprint density at radius 1 is 1.04 bits per heavy atom. The van der Waals surface area contributed by atoms with E-state index in [9.17, 15) is 18.0 Å². The Hall–Kier alpha value is -2.32. The fraction of sp³-hybridized carbons (Fsp3) is 0.222. The van der Waals surface area contributed by atoms with Crippen LogP contribution in [0.5, 0.6) is 0 Å². The number of hydrogen-bond acceptors (Lipinski definition) is 5. The van der Waals surface area contributed by atoms with Crippen molar-refractivity contribution in [3.8, 4) is 0 Å². The topological polar surface area (TPSA) is 83.6 Å². The lowest BCUT2D eigenvalue weighted by Gasteiger charge is -2.14. The molecule has 0 fully saturated rings. The highest BCUT2D eigenvalue weighted by Gasteiger charge is 2.41. The van der Waals surface area contributed by atoms with Crippen LogP contribution >= 0.6 is 11.8 Å². The molecular weight excluding hydrogens is 372 g/mol. The van der Waals surface area contributed by atoms with Gasteiger partial charge in [0, 0.05) is 11.4 Å². The van der Waals surface area contributed by atoms with Crippen LogP contribution in [0.15, 0.2) is 64.4 Å². The summed E-state index contributed by atoms with van der Waals surface area (Å²) in [5, 5.41) is 2.67. The monoisotopic (exact) mass is 390 g/mol.